The number of hydrogen-bond acceptors (Lipinski definition) is 3. The van der Waals surface area contributed by atoms with Crippen molar-refractivity contribution < 1.29 is 9.21 Å². The number of carbonyl (C=O) groups is 1. The quantitative estimate of drug-likeness (QED) is 0.439. The molecular formula is C26H27N3O2. The van der Waals surface area contributed by atoms with Crippen molar-refractivity contribution in [2.75, 3.05) is 0 Å². The van der Waals surface area contributed by atoms with Gasteiger partial charge in [-0.25, -0.2) is 0 Å². The van der Waals surface area contributed by atoms with Gasteiger partial charge in [-0.1, -0.05) is 60.7 Å². The number of aryl methyl sites for hydroxylation is 2. The smallest absolute Gasteiger partial charge is 0.220 e. The highest BCUT2D eigenvalue weighted by molar-refractivity contribution is 5.76. The molecule has 0 spiro atoms. The fraction of sp³-hybridized carbons (Fsp3) is 0.231. The molecule has 4 aromatic rings. The molecule has 1 N–H and O–H groups in total. The molecule has 0 unspecified atom stereocenters. The van der Waals surface area contributed by atoms with E-state index in [0.717, 1.165) is 40.6 Å². The Morgan fingerprint density at radius 1 is 0.968 bits per heavy atom. The molecule has 0 fully saturated rings. The van der Waals surface area contributed by atoms with Gasteiger partial charge >= 0.3 is 0 Å². The van der Waals surface area contributed by atoms with Crippen LogP contribution in [0.1, 0.15) is 34.7 Å². The molecule has 4 rings (SSSR count). The second-order valence-corrected chi connectivity index (χ2v) is 7.70. The molecule has 158 valence electrons. The van der Waals surface area contributed by atoms with E-state index in [2.05, 4.69) is 29.5 Å². The van der Waals surface area contributed by atoms with E-state index in [4.69, 9.17) is 4.42 Å². The standard InChI is InChI=1S/C26H27N3O2/c1-19-24(20(2)29(28-19)18-21-9-5-3-6-10-21)17-27-26(30)16-14-23-13-15-25(31-23)22-11-7-4-8-12-22/h3-13,15H,14,16-18H2,1-2H3,(H,27,30). The van der Waals surface area contributed by atoms with Gasteiger partial charge in [-0.05, 0) is 31.5 Å². The summed E-state index contributed by atoms with van der Waals surface area (Å²) in [5, 5.41) is 7.69. The first-order valence-electron chi connectivity index (χ1n) is 10.6. The fourth-order valence-corrected chi connectivity index (χ4v) is 3.68. The van der Waals surface area contributed by atoms with Crippen LogP contribution in [0, 0.1) is 13.8 Å². The average Bonchev–Trinajstić information content (AvgIpc) is 3.37. The molecule has 0 atom stereocenters. The molecule has 0 aliphatic carbocycles. The number of furan rings is 1. The van der Waals surface area contributed by atoms with E-state index in [9.17, 15) is 4.79 Å². The van der Waals surface area contributed by atoms with Crippen LogP contribution in [0.5, 0.6) is 0 Å². The first-order valence-corrected chi connectivity index (χ1v) is 10.6. The molecule has 0 radical (unpaired) electrons. The zero-order valence-corrected chi connectivity index (χ0v) is 18.0. The van der Waals surface area contributed by atoms with E-state index in [1.54, 1.807) is 0 Å². The molecule has 0 saturated heterocycles. The van der Waals surface area contributed by atoms with Gasteiger partial charge in [0.25, 0.3) is 0 Å². The number of nitrogens with one attached hydrogen (secondary N) is 1. The van der Waals surface area contributed by atoms with Crippen molar-refractivity contribution in [2.24, 2.45) is 0 Å². The summed E-state index contributed by atoms with van der Waals surface area (Å²) in [6, 6.07) is 24.1. The van der Waals surface area contributed by atoms with E-state index in [1.165, 1.54) is 5.56 Å². The molecule has 0 saturated carbocycles. The van der Waals surface area contributed by atoms with Crippen molar-refractivity contribution in [1.29, 1.82) is 0 Å². The molecule has 0 aliphatic rings. The highest BCUT2D eigenvalue weighted by Crippen LogP contribution is 2.22. The number of amides is 1. The number of rotatable bonds is 8. The second-order valence-electron chi connectivity index (χ2n) is 7.70. The normalized spacial score (nSPS) is 10.9. The van der Waals surface area contributed by atoms with Gasteiger partial charge in [0.05, 0.1) is 12.2 Å². The molecule has 2 aromatic heterocycles. The average molecular weight is 414 g/mol. The molecule has 31 heavy (non-hydrogen) atoms. The largest absolute Gasteiger partial charge is 0.461 e. The maximum Gasteiger partial charge on any atom is 0.220 e. The maximum absolute atomic E-state index is 12.4. The van der Waals surface area contributed by atoms with Gasteiger partial charge in [0, 0.05) is 36.2 Å². The lowest BCUT2D eigenvalue weighted by atomic mass is 10.1. The van der Waals surface area contributed by atoms with Crippen LogP contribution in [0.2, 0.25) is 0 Å². The van der Waals surface area contributed by atoms with Crippen molar-refractivity contribution in [1.82, 2.24) is 15.1 Å². The van der Waals surface area contributed by atoms with Gasteiger partial charge < -0.3 is 9.73 Å². The minimum Gasteiger partial charge on any atom is -0.461 e. The molecular weight excluding hydrogens is 386 g/mol. The lowest BCUT2D eigenvalue weighted by molar-refractivity contribution is -0.121. The van der Waals surface area contributed by atoms with Crippen LogP contribution in [0.25, 0.3) is 11.3 Å². The minimum atomic E-state index is 0.00673. The summed E-state index contributed by atoms with van der Waals surface area (Å²) in [7, 11) is 0. The van der Waals surface area contributed by atoms with E-state index in [-0.39, 0.29) is 5.91 Å². The highest BCUT2D eigenvalue weighted by atomic mass is 16.3. The van der Waals surface area contributed by atoms with Crippen LogP contribution in [0.4, 0.5) is 0 Å². The van der Waals surface area contributed by atoms with Crippen LogP contribution in [0.15, 0.2) is 77.2 Å². The van der Waals surface area contributed by atoms with E-state index in [0.29, 0.717) is 19.4 Å². The van der Waals surface area contributed by atoms with Gasteiger partial charge in [-0.2, -0.15) is 5.10 Å². The molecule has 1 amide bonds. The maximum atomic E-state index is 12.4. The zero-order chi connectivity index (χ0) is 21.6. The summed E-state index contributed by atoms with van der Waals surface area (Å²) in [6.07, 6.45) is 0.960. The van der Waals surface area contributed by atoms with E-state index < -0.39 is 0 Å². The van der Waals surface area contributed by atoms with Crippen LogP contribution < -0.4 is 5.32 Å². The Bertz CT molecular complexity index is 1140. The minimum absolute atomic E-state index is 0.00673. The summed E-state index contributed by atoms with van der Waals surface area (Å²) in [5.74, 6) is 1.65. The fourth-order valence-electron chi connectivity index (χ4n) is 3.68. The van der Waals surface area contributed by atoms with Gasteiger partial charge in [-0.3, -0.25) is 9.48 Å². The summed E-state index contributed by atoms with van der Waals surface area (Å²) in [5.41, 5.74) is 5.36. The van der Waals surface area contributed by atoms with Crippen LogP contribution in [0.3, 0.4) is 0 Å². The Hall–Kier alpha value is -3.60. The summed E-state index contributed by atoms with van der Waals surface area (Å²) < 4.78 is 7.89. The first-order chi connectivity index (χ1) is 15.1. The van der Waals surface area contributed by atoms with Crippen LogP contribution in [-0.2, 0) is 24.3 Å². The highest BCUT2D eigenvalue weighted by Gasteiger charge is 2.13. The number of aromatic nitrogens is 2. The predicted molar refractivity (Wildman–Crippen MR) is 122 cm³/mol. The van der Waals surface area contributed by atoms with Gasteiger partial charge in [0.1, 0.15) is 11.5 Å². The monoisotopic (exact) mass is 413 g/mol. The molecule has 2 heterocycles. The van der Waals surface area contributed by atoms with Crippen molar-refractivity contribution in [3.63, 3.8) is 0 Å². The Labute approximate surface area is 182 Å². The third kappa shape index (κ3) is 5.12. The Balaban J connectivity index is 1.31. The van der Waals surface area contributed by atoms with Gasteiger partial charge in [0.2, 0.25) is 5.91 Å². The Kier molecular flexibility index (Phi) is 6.32. The van der Waals surface area contributed by atoms with Crippen molar-refractivity contribution in [3.05, 3.63) is 101 Å². The van der Waals surface area contributed by atoms with Gasteiger partial charge in [-0.15, -0.1) is 0 Å². The third-order valence-corrected chi connectivity index (χ3v) is 5.49. The first kappa shape index (κ1) is 20.7. The number of benzene rings is 2. The lowest BCUT2D eigenvalue weighted by Crippen LogP contribution is -2.23. The van der Waals surface area contributed by atoms with Gasteiger partial charge in [0.15, 0.2) is 0 Å². The van der Waals surface area contributed by atoms with E-state index >= 15 is 0 Å². The third-order valence-electron chi connectivity index (χ3n) is 5.49. The number of hydrogen-bond donors (Lipinski definition) is 1. The molecule has 5 heteroatoms. The van der Waals surface area contributed by atoms with E-state index in [1.807, 2.05) is 72.3 Å². The predicted octanol–water partition coefficient (Wildman–Crippen LogP) is 5.06. The van der Waals surface area contributed by atoms with Crippen molar-refractivity contribution in [3.8, 4) is 11.3 Å². The van der Waals surface area contributed by atoms with Crippen molar-refractivity contribution in [2.45, 2.75) is 39.8 Å². The molecule has 2 aromatic carbocycles. The zero-order valence-electron chi connectivity index (χ0n) is 18.0. The molecule has 5 nitrogen and oxygen atoms in total. The van der Waals surface area contributed by atoms with Crippen molar-refractivity contribution >= 4 is 5.91 Å². The lowest BCUT2D eigenvalue weighted by Gasteiger charge is -2.07. The summed E-state index contributed by atoms with van der Waals surface area (Å²) in [4.78, 5) is 12.4. The Morgan fingerprint density at radius 3 is 2.42 bits per heavy atom. The number of carbonyl (C=O) groups excluding carboxylic acids is 1. The SMILES string of the molecule is Cc1nn(Cc2ccccc2)c(C)c1CNC(=O)CCc1ccc(-c2ccccc2)o1. The summed E-state index contributed by atoms with van der Waals surface area (Å²) >= 11 is 0. The number of nitrogens with zero attached hydrogens (tertiary/aromatic N) is 2. The Morgan fingerprint density at radius 2 is 1.68 bits per heavy atom. The second kappa shape index (κ2) is 9.47. The molecule has 0 bridgehead atoms. The van der Waals surface area contributed by atoms with Crippen LogP contribution in [-0.4, -0.2) is 15.7 Å². The van der Waals surface area contributed by atoms with Crippen LogP contribution >= 0.6 is 0 Å². The topological polar surface area (TPSA) is 60.1 Å². The summed E-state index contributed by atoms with van der Waals surface area (Å²) in [6.45, 7) is 5.25. The molecule has 0 aliphatic heterocycles.